The minimum atomic E-state index is -0.192. The Morgan fingerprint density at radius 3 is 2.88 bits per heavy atom. The van der Waals surface area contributed by atoms with Gasteiger partial charge in [0.25, 0.3) is 5.91 Å². The molecule has 1 amide bonds. The predicted molar refractivity (Wildman–Crippen MR) is 102 cm³/mol. The zero-order valence-electron chi connectivity index (χ0n) is 14.8. The van der Waals surface area contributed by atoms with Crippen molar-refractivity contribution in [3.8, 4) is 5.75 Å². The van der Waals surface area contributed by atoms with Gasteiger partial charge in [0.05, 0.1) is 7.11 Å². The summed E-state index contributed by atoms with van der Waals surface area (Å²) in [4.78, 5) is 14.9. The number of nitrogens with zero attached hydrogens (tertiary/aromatic N) is 1. The second kappa shape index (κ2) is 7.12. The molecule has 3 aromatic rings. The van der Waals surface area contributed by atoms with Crippen LogP contribution in [0, 0.1) is 0 Å². The number of fused-ring (bicyclic) bond motifs is 1. The number of hydrogen-bond donors (Lipinski definition) is 1. The third-order valence-electron chi connectivity index (χ3n) is 4.91. The SMILES string of the molecule is COc1cccc2cc(C(=O)NCC3CCCN3c3ccccc3)oc12. The fourth-order valence-corrected chi connectivity index (χ4v) is 3.61. The second-order valence-electron chi connectivity index (χ2n) is 6.52. The lowest BCUT2D eigenvalue weighted by Crippen LogP contribution is -2.40. The first kappa shape index (κ1) is 16.5. The van der Waals surface area contributed by atoms with Gasteiger partial charge in [-0.15, -0.1) is 0 Å². The molecule has 2 heterocycles. The van der Waals surface area contributed by atoms with Gasteiger partial charge in [-0.1, -0.05) is 30.3 Å². The number of anilines is 1. The highest BCUT2D eigenvalue weighted by Gasteiger charge is 2.25. The average molecular weight is 350 g/mol. The van der Waals surface area contributed by atoms with E-state index in [0.717, 1.165) is 24.8 Å². The summed E-state index contributed by atoms with van der Waals surface area (Å²) in [7, 11) is 1.59. The normalized spacial score (nSPS) is 16.8. The van der Waals surface area contributed by atoms with Crippen molar-refractivity contribution in [1.29, 1.82) is 0 Å². The van der Waals surface area contributed by atoms with Crippen LogP contribution in [0.3, 0.4) is 0 Å². The molecule has 1 aromatic heterocycles. The van der Waals surface area contributed by atoms with Gasteiger partial charge in [-0.05, 0) is 37.1 Å². The van der Waals surface area contributed by atoms with Gasteiger partial charge in [0, 0.05) is 30.2 Å². The molecule has 5 nitrogen and oxygen atoms in total. The molecule has 1 saturated heterocycles. The Kier molecular flexibility index (Phi) is 4.52. The van der Waals surface area contributed by atoms with Crippen LogP contribution < -0.4 is 15.0 Å². The molecule has 26 heavy (non-hydrogen) atoms. The topological polar surface area (TPSA) is 54.7 Å². The fourth-order valence-electron chi connectivity index (χ4n) is 3.61. The second-order valence-corrected chi connectivity index (χ2v) is 6.52. The van der Waals surface area contributed by atoms with E-state index in [1.54, 1.807) is 13.2 Å². The molecule has 1 atom stereocenters. The van der Waals surface area contributed by atoms with Gasteiger partial charge < -0.3 is 19.4 Å². The molecule has 0 bridgehead atoms. The highest BCUT2D eigenvalue weighted by molar-refractivity contribution is 5.97. The highest BCUT2D eigenvalue weighted by atomic mass is 16.5. The fraction of sp³-hybridized carbons (Fsp3) is 0.286. The van der Waals surface area contributed by atoms with Crippen molar-refractivity contribution in [2.24, 2.45) is 0 Å². The maximum Gasteiger partial charge on any atom is 0.287 e. The molecule has 0 spiro atoms. The predicted octanol–water partition coefficient (Wildman–Crippen LogP) is 3.84. The number of furan rings is 1. The molecule has 1 unspecified atom stereocenters. The number of ether oxygens (including phenoxy) is 1. The molecule has 0 aliphatic carbocycles. The maximum absolute atomic E-state index is 12.5. The van der Waals surface area contributed by atoms with Crippen LogP contribution in [0.4, 0.5) is 5.69 Å². The Morgan fingerprint density at radius 2 is 2.08 bits per heavy atom. The minimum absolute atomic E-state index is 0.192. The number of benzene rings is 2. The van der Waals surface area contributed by atoms with Crippen molar-refractivity contribution >= 4 is 22.6 Å². The Bertz CT molecular complexity index is 904. The van der Waals surface area contributed by atoms with Crippen molar-refractivity contribution < 1.29 is 13.9 Å². The van der Waals surface area contributed by atoms with Crippen LogP contribution in [0.1, 0.15) is 23.4 Å². The van der Waals surface area contributed by atoms with Crippen LogP contribution in [0.2, 0.25) is 0 Å². The molecule has 1 N–H and O–H groups in total. The van der Waals surface area contributed by atoms with Crippen LogP contribution in [0.15, 0.2) is 59.0 Å². The third-order valence-corrected chi connectivity index (χ3v) is 4.91. The van der Waals surface area contributed by atoms with Gasteiger partial charge in [0.1, 0.15) is 0 Å². The van der Waals surface area contributed by atoms with E-state index in [1.807, 2.05) is 36.4 Å². The molecular formula is C21H22N2O3. The molecule has 5 heteroatoms. The Morgan fingerprint density at radius 1 is 1.23 bits per heavy atom. The van der Waals surface area contributed by atoms with Gasteiger partial charge in [-0.25, -0.2) is 0 Å². The van der Waals surface area contributed by atoms with Gasteiger partial charge >= 0.3 is 0 Å². The largest absolute Gasteiger partial charge is 0.493 e. The van der Waals surface area contributed by atoms with E-state index in [1.165, 1.54) is 5.69 Å². The van der Waals surface area contributed by atoms with Crippen molar-refractivity contribution in [2.75, 3.05) is 25.1 Å². The number of amides is 1. The first-order valence-electron chi connectivity index (χ1n) is 8.92. The maximum atomic E-state index is 12.5. The summed E-state index contributed by atoms with van der Waals surface area (Å²) < 4.78 is 11.0. The highest BCUT2D eigenvalue weighted by Crippen LogP contribution is 2.29. The van der Waals surface area contributed by atoms with Crippen molar-refractivity contribution in [3.63, 3.8) is 0 Å². The van der Waals surface area contributed by atoms with E-state index in [2.05, 4.69) is 22.3 Å². The average Bonchev–Trinajstić information content (AvgIpc) is 3.33. The molecular weight excluding hydrogens is 328 g/mol. The molecule has 134 valence electrons. The van der Waals surface area contributed by atoms with Crippen LogP contribution >= 0.6 is 0 Å². The van der Waals surface area contributed by atoms with Crippen LogP contribution in [0.5, 0.6) is 5.75 Å². The van der Waals surface area contributed by atoms with E-state index in [-0.39, 0.29) is 5.91 Å². The van der Waals surface area contributed by atoms with Crippen LogP contribution in [0.25, 0.3) is 11.0 Å². The summed E-state index contributed by atoms with van der Waals surface area (Å²) in [5.74, 6) is 0.754. The lowest BCUT2D eigenvalue weighted by Gasteiger charge is -2.26. The molecule has 0 radical (unpaired) electrons. The van der Waals surface area contributed by atoms with Crippen molar-refractivity contribution in [3.05, 3.63) is 60.4 Å². The standard InChI is InChI=1S/C21H22N2O3/c1-25-18-11-5-7-15-13-19(26-20(15)18)21(24)22-14-17-10-6-12-23(17)16-8-3-2-4-9-16/h2-5,7-9,11,13,17H,6,10,12,14H2,1H3,(H,22,24). The first-order valence-corrected chi connectivity index (χ1v) is 8.92. The quantitative estimate of drug-likeness (QED) is 0.760. The molecule has 0 saturated carbocycles. The zero-order chi connectivity index (χ0) is 17.9. The molecule has 4 rings (SSSR count). The number of hydrogen-bond acceptors (Lipinski definition) is 4. The van der Waals surface area contributed by atoms with E-state index < -0.39 is 0 Å². The molecule has 1 fully saturated rings. The van der Waals surface area contributed by atoms with Crippen LogP contribution in [-0.4, -0.2) is 32.1 Å². The number of para-hydroxylation sites is 2. The monoisotopic (exact) mass is 350 g/mol. The molecule has 2 aromatic carbocycles. The minimum Gasteiger partial charge on any atom is -0.493 e. The van der Waals surface area contributed by atoms with Gasteiger partial charge in [0.2, 0.25) is 0 Å². The van der Waals surface area contributed by atoms with Crippen molar-refractivity contribution in [2.45, 2.75) is 18.9 Å². The summed E-state index contributed by atoms with van der Waals surface area (Å²) in [6, 6.07) is 18.0. The summed E-state index contributed by atoms with van der Waals surface area (Å²) >= 11 is 0. The Hall–Kier alpha value is -2.95. The lowest BCUT2D eigenvalue weighted by molar-refractivity contribution is 0.0925. The van der Waals surface area contributed by atoms with E-state index in [9.17, 15) is 4.79 Å². The Labute approximate surface area is 152 Å². The Balaban J connectivity index is 1.45. The van der Waals surface area contributed by atoms with E-state index in [4.69, 9.17) is 9.15 Å². The summed E-state index contributed by atoms with van der Waals surface area (Å²) in [5, 5.41) is 3.89. The van der Waals surface area contributed by atoms with Gasteiger partial charge in [0.15, 0.2) is 17.1 Å². The number of methoxy groups -OCH3 is 1. The van der Waals surface area contributed by atoms with Gasteiger partial charge in [-0.3, -0.25) is 4.79 Å². The number of carbonyl (C=O) groups excluding carboxylic acids is 1. The molecule has 1 aliphatic rings. The van der Waals surface area contributed by atoms with E-state index in [0.29, 0.717) is 29.7 Å². The number of carbonyl (C=O) groups is 1. The summed E-state index contributed by atoms with van der Waals surface area (Å²) in [6.45, 7) is 1.62. The number of nitrogens with one attached hydrogen (secondary N) is 1. The van der Waals surface area contributed by atoms with E-state index >= 15 is 0 Å². The van der Waals surface area contributed by atoms with Crippen molar-refractivity contribution in [1.82, 2.24) is 5.32 Å². The third kappa shape index (κ3) is 3.12. The lowest BCUT2D eigenvalue weighted by atomic mass is 10.2. The number of rotatable bonds is 5. The zero-order valence-corrected chi connectivity index (χ0v) is 14.8. The summed E-state index contributed by atoms with van der Waals surface area (Å²) in [6.07, 6.45) is 2.21. The summed E-state index contributed by atoms with van der Waals surface area (Å²) in [5.41, 5.74) is 1.81. The molecule has 1 aliphatic heterocycles. The van der Waals surface area contributed by atoms with Gasteiger partial charge in [-0.2, -0.15) is 0 Å². The van der Waals surface area contributed by atoms with Crippen LogP contribution in [-0.2, 0) is 0 Å². The smallest absolute Gasteiger partial charge is 0.287 e. The first-order chi connectivity index (χ1) is 12.8.